The quantitative estimate of drug-likeness (QED) is 0.723. The smallest absolute Gasteiger partial charge is 0.0496 e. The van der Waals surface area contributed by atoms with Gasteiger partial charge in [-0.3, -0.25) is 0 Å². The molecule has 2 fully saturated rings. The van der Waals surface area contributed by atoms with Crippen molar-refractivity contribution in [3.05, 3.63) is 11.1 Å². The first kappa shape index (κ1) is 14.6. The van der Waals surface area contributed by atoms with Gasteiger partial charge in [-0.15, -0.1) is 0 Å². The zero-order valence-corrected chi connectivity index (χ0v) is 14.1. The summed E-state index contributed by atoms with van der Waals surface area (Å²) in [7, 11) is 0. The summed E-state index contributed by atoms with van der Waals surface area (Å²) in [6.45, 7) is 12.6. The van der Waals surface area contributed by atoms with Gasteiger partial charge in [0.05, 0.1) is 0 Å². The van der Waals surface area contributed by atoms with E-state index in [9.17, 15) is 5.11 Å². The van der Waals surface area contributed by atoms with E-state index < -0.39 is 0 Å². The van der Waals surface area contributed by atoms with Gasteiger partial charge in [0.2, 0.25) is 0 Å². The van der Waals surface area contributed by atoms with Gasteiger partial charge in [-0.1, -0.05) is 45.8 Å². The fraction of sp³-hybridized carbons (Fsp3) is 0.895. The minimum Gasteiger partial charge on any atom is -0.396 e. The number of hydrogen-bond donors (Lipinski definition) is 1. The molecule has 1 spiro atoms. The van der Waals surface area contributed by atoms with Crippen molar-refractivity contribution in [1.82, 2.24) is 0 Å². The molecule has 0 saturated heterocycles. The summed E-state index contributed by atoms with van der Waals surface area (Å²) < 4.78 is 0. The van der Waals surface area contributed by atoms with Gasteiger partial charge in [-0.05, 0) is 60.7 Å². The highest BCUT2D eigenvalue weighted by molar-refractivity contribution is 5.41. The summed E-state index contributed by atoms with van der Waals surface area (Å²) in [5.74, 6) is 1.29. The van der Waals surface area contributed by atoms with Gasteiger partial charge in [0, 0.05) is 12.5 Å². The number of allylic oxidation sites excluding steroid dienone is 1. The van der Waals surface area contributed by atoms with Gasteiger partial charge in [-0.2, -0.15) is 0 Å². The molecule has 2 unspecified atom stereocenters. The van der Waals surface area contributed by atoms with Crippen molar-refractivity contribution < 1.29 is 5.11 Å². The molecule has 3 atom stereocenters. The van der Waals surface area contributed by atoms with E-state index in [0.29, 0.717) is 28.8 Å². The van der Waals surface area contributed by atoms with Gasteiger partial charge in [-0.25, -0.2) is 0 Å². The Balaban J connectivity index is 2.19. The van der Waals surface area contributed by atoms with E-state index in [1.807, 2.05) is 0 Å². The highest BCUT2D eigenvalue weighted by atomic mass is 16.3. The van der Waals surface area contributed by atoms with Crippen LogP contribution in [0.15, 0.2) is 11.1 Å². The van der Waals surface area contributed by atoms with Crippen molar-refractivity contribution in [2.24, 2.45) is 28.1 Å². The van der Waals surface area contributed by atoms with Crippen molar-refractivity contribution in [1.29, 1.82) is 0 Å². The molecule has 2 saturated carbocycles. The van der Waals surface area contributed by atoms with Crippen molar-refractivity contribution in [2.75, 3.05) is 6.61 Å². The number of aliphatic hydroxyl groups excluding tert-OH is 1. The third-order valence-electron chi connectivity index (χ3n) is 7.50. The van der Waals surface area contributed by atoms with Gasteiger partial charge < -0.3 is 5.11 Å². The van der Waals surface area contributed by atoms with Crippen LogP contribution in [0.4, 0.5) is 0 Å². The molecule has 0 heterocycles. The molecule has 20 heavy (non-hydrogen) atoms. The number of hydrogen-bond acceptors (Lipinski definition) is 1. The van der Waals surface area contributed by atoms with E-state index in [1.54, 1.807) is 11.1 Å². The van der Waals surface area contributed by atoms with Crippen LogP contribution in [-0.4, -0.2) is 11.7 Å². The highest BCUT2D eigenvalue weighted by Gasteiger charge is 2.65. The SMILES string of the molecule is CCC(CO)C1=C2C(C)(C)C3CC[C@]2(C3)C(C)(C)CC1. The lowest BCUT2D eigenvalue weighted by Gasteiger charge is -2.53. The topological polar surface area (TPSA) is 20.2 Å². The molecule has 0 aromatic heterocycles. The van der Waals surface area contributed by atoms with Crippen LogP contribution < -0.4 is 0 Å². The zero-order valence-electron chi connectivity index (χ0n) is 14.1. The third-order valence-corrected chi connectivity index (χ3v) is 7.50. The van der Waals surface area contributed by atoms with Crippen LogP contribution in [-0.2, 0) is 0 Å². The number of fused-ring (bicyclic) bond motifs is 1. The van der Waals surface area contributed by atoms with Gasteiger partial charge in [0.15, 0.2) is 0 Å². The number of aliphatic hydroxyl groups is 1. The summed E-state index contributed by atoms with van der Waals surface area (Å²) >= 11 is 0. The molecule has 1 N–H and O–H groups in total. The first-order chi connectivity index (χ1) is 9.30. The second-order valence-corrected chi connectivity index (χ2v) is 8.82. The lowest BCUT2D eigenvalue weighted by Crippen LogP contribution is -2.44. The third kappa shape index (κ3) is 1.59. The maximum absolute atomic E-state index is 9.83. The summed E-state index contributed by atoms with van der Waals surface area (Å²) in [4.78, 5) is 0. The molecule has 114 valence electrons. The van der Waals surface area contributed by atoms with Gasteiger partial charge in [0.1, 0.15) is 0 Å². The Kier molecular flexibility index (Phi) is 3.18. The van der Waals surface area contributed by atoms with Crippen LogP contribution in [0.2, 0.25) is 0 Å². The molecule has 0 aromatic rings. The minimum absolute atomic E-state index is 0.340. The standard InChI is InChI=1S/C19H32O/c1-6-13(12-20)15-8-9-17(2,3)19-10-7-14(11-19)18(4,5)16(15)19/h13-14,20H,6-12H2,1-5H3/t13?,14?,19-/m1/s1. The minimum atomic E-state index is 0.340. The van der Waals surface area contributed by atoms with Crippen molar-refractivity contribution in [2.45, 2.75) is 73.1 Å². The lowest BCUT2D eigenvalue weighted by molar-refractivity contribution is 0.0790. The van der Waals surface area contributed by atoms with Gasteiger partial charge in [0.25, 0.3) is 0 Å². The summed E-state index contributed by atoms with van der Waals surface area (Å²) in [6, 6.07) is 0. The largest absolute Gasteiger partial charge is 0.396 e. The normalized spacial score (nSPS) is 39.0. The van der Waals surface area contributed by atoms with Crippen LogP contribution in [0, 0.1) is 28.1 Å². The lowest BCUT2D eigenvalue weighted by atomic mass is 9.51. The van der Waals surface area contributed by atoms with E-state index in [2.05, 4.69) is 34.6 Å². The molecule has 1 heteroatoms. The molecule has 3 aliphatic carbocycles. The molecule has 2 bridgehead atoms. The highest BCUT2D eigenvalue weighted by Crippen LogP contribution is 2.75. The van der Waals surface area contributed by atoms with Gasteiger partial charge >= 0.3 is 0 Å². The fourth-order valence-electron chi connectivity index (χ4n) is 6.09. The van der Waals surface area contributed by atoms with Crippen molar-refractivity contribution in [3.8, 4) is 0 Å². The molecule has 3 aliphatic rings. The van der Waals surface area contributed by atoms with E-state index in [1.165, 1.54) is 32.1 Å². The van der Waals surface area contributed by atoms with Crippen LogP contribution in [0.5, 0.6) is 0 Å². The Morgan fingerprint density at radius 3 is 2.50 bits per heavy atom. The van der Waals surface area contributed by atoms with E-state index in [-0.39, 0.29) is 0 Å². The Morgan fingerprint density at radius 1 is 1.20 bits per heavy atom. The van der Waals surface area contributed by atoms with Crippen molar-refractivity contribution >= 4 is 0 Å². The van der Waals surface area contributed by atoms with E-state index in [4.69, 9.17) is 0 Å². The monoisotopic (exact) mass is 276 g/mol. The second-order valence-electron chi connectivity index (χ2n) is 8.82. The first-order valence-corrected chi connectivity index (χ1v) is 8.65. The molecule has 3 rings (SSSR count). The molecular weight excluding hydrogens is 244 g/mol. The predicted molar refractivity (Wildman–Crippen MR) is 84.5 cm³/mol. The zero-order chi connectivity index (χ0) is 14.8. The molecule has 0 aliphatic heterocycles. The number of rotatable bonds is 3. The van der Waals surface area contributed by atoms with Crippen molar-refractivity contribution in [3.63, 3.8) is 0 Å². The average Bonchev–Trinajstić information content (AvgIpc) is 2.90. The second kappa shape index (κ2) is 4.35. The molecule has 0 amide bonds. The summed E-state index contributed by atoms with van der Waals surface area (Å²) in [5.41, 5.74) is 4.72. The Morgan fingerprint density at radius 2 is 1.90 bits per heavy atom. The maximum atomic E-state index is 9.83. The molecular formula is C19H32O. The van der Waals surface area contributed by atoms with Crippen LogP contribution in [0.3, 0.4) is 0 Å². The maximum Gasteiger partial charge on any atom is 0.0496 e. The Hall–Kier alpha value is -0.300. The molecule has 0 radical (unpaired) electrons. The van der Waals surface area contributed by atoms with E-state index in [0.717, 1.165) is 12.3 Å². The summed E-state index contributed by atoms with van der Waals surface area (Å²) in [5, 5.41) is 9.83. The predicted octanol–water partition coefficient (Wildman–Crippen LogP) is 4.95. The molecule has 0 aromatic carbocycles. The fourth-order valence-corrected chi connectivity index (χ4v) is 6.09. The first-order valence-electron chi connectivity index (χ1n) is 8.65. The Bertz CT molecular complexity index is 439. The van der Waals surface area contributed by atoms with Crippen LogP contribution in [0.1, 0.15) is 73.1 Å². The van der Waals surface area contributed by atoms with E-state index >= 15 is 0 Å². The average molecular weight is 276 g/mol. The summed E-state index contributed by atoms with van der Waals surface area (Å²) in [6.07, 6.45) is 7.85. The molecule has 1 nitrogen and oxygen atoms in total. The van der Waals surface area contributed by atoms with Crippen LogP contribution >= 0.6 is 0 Å². The van der Waals surface area contributed by atoms with Crippen LogP contribution in [0.25, 0.3) is 0 Å². The Labute approximate surface area is 124 Å².